The molecule has 0 aliphatic heterocycles. The number of esters is 3. The van der Waals surface area contributed by atoms with Gasteiger partial charge in [-0.1, -0.05) is 296 Å². The monoisotopic (exact) mass is 1140 g/mol. The highest BCUT2D eigenvalue weighted by Crippen LogP contribution is 2.16. The molecule has 0 radical (unpaired) electrons. The van der Waals surface area contributed by atoms with Gasteiger partial charge in [0.1, 0.15) is 13.2 Å². The van der Waals surface area contributed by atoms with E-state index in [1.165, 1.54) is 148 Å². The second-order valence-corrected chi connectivity index (χ2v) is 22.7. The van der Waals surface area contributed by atoms with Gasteiger partial charge in [0.15, 0.2) is 6.10 Å². The van der Waals surface area contributed by atoms with E-state index in [2.05, 4.69) is 142 Å². The van der Waals surface area contributed by atoms with Crippen molar-refractivity contribution in [2.75, 3.05) is 13.2 Å². The Morgan fingerprint density at radius 2 is 0.500 bits per heavy atom. The summed E-state index contributed by atoms with van der Waals surface area (Å²) in [5.74, 6) is -0.899. The molecule has 0 aliphatic rings. The average molecular weight is 1140 g/mol. The van der Waals surface area contributed by atoms with Gasteiger partial charge in [-0.2, -0.15) is 0 Å². The molecule has 0 aromatic carbocycles. The molecule has 0 N–H and O–H groups in total. The second-order valence-electron chi connectivity index (χ2n) is 22.7. The van der Waals surface area contributed by atoms with E-state index in [-0.39, 0.29) is 31.1 Å². The van der Waals surface area contributed by atoms with Gasteiger partial charge >= 0.3 is 17.9 Å². The molecule has 0 rings (SSSR count). The van der Waals surface area contributed by atoms with Crippen LogP contribution in [0.25, 0.3) is 0 Å². The summed E-state index contributed by atoms with van der Waals surface area (Å²) < 4.78 is 16.9. The molecule has 0 saturated heterocycles. The van der Waals surface area contributed by atoms with Crippen LogP contribution in [0.15, 0.2) is 122 Å². The zero-order valence-electron chi connectivity index (χ0n) is 53.7. The normalized spacial score (nSPS) is 12.9. The number of unbranched alkanes of at least 4 members (excludes halogenated alkanes) is 31. The van der Waals surface area contributed by atoms with E-state index in [9.17, 15) is 14.4 Å². The smallest absolute Gasteiger partial charge is 0.306 e. The average Bonchev–Trinajstić information content (AvgIpc) is 3.47. The fourth-order valence-electron chi connectivity index (χ4n) is 9.52. The summed E-state index contributed by atoms with van der Waals surface area (Å²) in [4.78, 5) is 38.4. The number of allylic oxidation sites excluding steroid dienone is 20. The first-order valence-corrected chi connectivity index (χ1v) is 34.5. The molecule has 0 aliphatic carbocycles. The Balaban J connectivity index is 4.26. The number of carbonyl (C=O) groups excluding carboxylic acids is 3. The maximum Gasteiger partial charge on any atom is 0.306 e. The van der Waals surface area contributed by atoms with Crippen molar-refractivity contribution in [1.29, 1.82) is 0 Å². The second kappa shape index (κ2) is 69.3. The molecule has 6 heteroatoms. The van der Waals surface area contributed by atoms with E-state index in [0.29, 0.717) is 19.3 Å². The largest absolute Gasteiger partial charge is 0.462 e. The van der Waals surface area contributed by atoms with Gasteiger partial charge in [-0.3, -0.25) is 14.4 Å². The molecule has 1 atom stereocenters. The van der Waals surface area contributed by atoms with Crippen molar-refractivity contribution in [3.8, 4) is 0 Å². The van der Waals surface area contributed by atoms with Gasteiger partial charge in [0.25, 0.3) is 0 Å². The Morgan fingerprint density at radius 3 is 0.805 bits per heavy atom. The van der Waals surface area contributed by atoms with Crippen molar-refractivity contribution >= 4 is 17.9 Å². The summed E-state index contributed by atoms with van der Waals surface area (Å²) >= 11 is 0. The maximum atomic E-state index is 12.9. The Labute approximate surface area is 507 Å². The van der Waals surface area contributed by atoms with Crippen molar-refractivity contribution in [2.45, 2.75) is 329 Å². The molecule has 1 unspecified atom stereocenters. The lowest BCUT2D eigenvalue weighted by Gasteiger charge is -2.18. The fraction of sp³-hybridized carbons (Fsp3) is 0.697. The summed E-state index contributed by atoms with van der Waals surface area (Å²) in [6, 6.07) is 0. The van der Waals surface area contributed by atoms with Gasteiger partial charge in [0.2, 0.25) is 0 Å². The van der Waals surface area contributed by atoms with Crippen LogP contribution in [0.5, 0.6) is 0 Å². The summed E-state index contributed by atoms with van der Waals surface area (Å²) in [5, 5.41) is 0. The molecule has 0 spiro atoms. The molecule has 0 saturated carbocycles. The van der Waals surface area contributed by atoms with Crippen molar-refractivity contribution in [1.82, 2.24) is 0 Å². The first-order valence-electron chi connectivity index (χ1n) is 34.5. The zero-order valence-corrected chi connectivity index (χ0v) is 53.7. The minimum atomic E-state index is -0.790. The molecular formula is C76H128O6. The molecule has 6 nitrogen and oxygen atoms in total. The number of ether oxygens (including phenoxy) is 3. The Bertz CT molecular complexity index is 1690. The molecule has 82 heavy (non-hydrogen) atoms. The minimum absolute atomic E-state index is 0.0859. The minimum Gasteiger partial charge on any atom is -0.462 e. The highest BCUT2D eigenvalue weighted by Gasteiger charge is 2.19. The van der Waals surface area contributed by atoms with E-state index < -0.39 is 6.10 Å². The summed E-state index contributed by atoms with van der Waals surface area (Å²) in [5.41, 5.74) is 0. The van der Waals surface area contributed by atoms with Crippen LogP contribution in [-0.4, -0.2) is 37.2 Å². The lowest BCUT2D eigenvalue weighted by atomic mass is 10.0. The number of hydrogen-bond donors (Lipinski definition) is 0. The Hall–Kier alpha value is -4.19. The molecule has 468 valence electrons. The summed E-state index contributed by atoms with van der Waals surface area (Å²) in [7, 11) is 0. The SMILES string of the molecule is CC/C=C\C/C=C\C/C=C\C/C=C\C/C=C\C/C=C\C/C=C\CCCCCCCCCCCCCC(=O)OCC(COC(=O)CCCCCCC/C=C\C/C=C\CCC)OC(=O)CCCCCCCCC/C=C\CCCCCCCCC. The third-order valence-electron chi connectivity index (χ3n) is 14.7. The van der Waals surface area contributed by atoms with Crippen LogP contribution in [0.2, 0.25) is 0 Å². The van der Waals surface area contributed by atoms with Crippen LogP contribution < -0.4 is 0 Å². The van der Waals surface area contributed by atoms with Crippen LogP contribution in [0.3, 0.4) is 0 Å². The summed E-state index contributed by atoms with van der Waals surface area (Å²) in [6.45, 7) is 6.47. The van der Waals surface area contributed by atoms with Crippen LogP contribution >= 0.6 is 0 Å². The third-order valence-corrected chi connectivity index (χ3v) is 14.7. The van der Waals surface area contributed by atoms with E-state index >= 15 is 0 Å². The van der Waals surface area contributed by atoms with Crippen molar-refractivity contribution in [3.63, 3.8) is 0 Å². The number of rotatable bonds is 62. The quantitative estimate of drug-likeness (QED) is 0.0261. The predicted molar refractivity (Wildman–Crippen MR) is 357 cm³/mol. The van der Waals surface area contributed by atoms with Gasteiger partial charge < -0.3 is 14.2 Å². The lowest BCUT2D eigenvalue weighted by molar-refractivity contribution is -0.167. The Morgan fingerprint density at radius 1 is 0.256 bits per heavy atom. The van der Waals surface area contributed by atoms with E-state index in [0.717, 1.165) is 135 Å². The summed E-state index contributed by atoms with van der Waals surface area (Å²) in [6.07, 6.45) is 96.5. The first-order chi connectivity index (χ1) is 40.5. The van der Waals surface area contributed by atoms with E-state index in [1.54, 1.807) is 0 Å². The van der Waals surface area contributed by atoms with Crippen LogP contribution in [0.1, 0.15) is 323 Å². The van der Waals surface area contributed by atoms with Gasteiger partial charge in [0, 0.05) is 19.3 Å². The van der Waals surface area contributed by atoms with Gasteiger partial charge in [-0.25, -0.2) is 0 Å². The van der Waals surface area contributed by atoms with Crippen molar-refractivity contribution in [3.05, 3.63) is 122 Å². The molecule has 0 fully saturated rings. The van der Waals surface area contributed by atoms with Crippen LogP contribution in [0.4, 0.5) is 0 Å². The number of carbonyl (C=O) groups is 3. The zero-order chi connectivity index (χ0) is 59.2. The first kappa shape index (κ1) is 77.8. The van der Waals surface area contributed by atoms with Crippen molar-refractivity contribution in [2.24, 2.45) is 0 Å². The maximum absolute atomic E-state index is 12.9. The highest BCUT2D eigenvalue weighted by molar-refractivity contribution is 5.71. The number of hydrogen-bond acceptors (Lipinski definition) is 6. The highest BCUT2D eigenvalue weighted by atomic mass is 16.6. The van der Waals surface area contributed by atoms with Gasteiger partial charge in [-0.05, 0) is 128 Å². The molecule has 0 aromatic heterocycles. The standard InChI is InChI=1S/C76H128O6/c1-4-7-10-13-16-19-22-25-27-29-31-32-33-34-35-36-37-38-39-40-41-42-43-44-45-47-48-51-54-57-60-63-66-69-75(78)81-72-73(71-80-74(77)68-65-62-59-56-53-50-24-21-18-15-12-9-6-3)82-76(79)70-67-64-61-58-55-52-49-46-30-28-26-23-20-17-14-11-8-5-2/h7,10,12,15-16,19,21,24-25,27-28,30-32,34-35,37-38,40-41,73H,4-6,8-9,11,13-14,17-18,20,22-23,26,29,33,36,39,42-72H2,1-3H3/b10-7-,15-12-,19-16-,24-21-,27-25-,30-28-,32-31-,35-34-,38-37-,41-40-. The van der Waals surface area contributed by atoms with Gasteiger partial charge in [0.05, 0.1) is 0 Å². The fourth-order valence-corrected chi connectivity index (χ4v) is 9.52. The Kier molecular flexibility index (Phi) is 65.8. The van der Waals surface area contributed by atoms with Crippen LogP contribution in [0, 0.1) is 0 Å². The van der Waals surface area contributed by atoms with E-state index in [4.69, 9.17) is 14.2 Å². The van der Waals surface area contributed by atoms with E-state index in [1.807, 2.05) is 0 Å². The van der Waals surface area contributed by atoms with Crippen LogP contribution in [-0.2, 0) is 28.6 Å². The molecule has 0 heterocycles. The topological polar surface area (TPSA) is 78.9 Å². The molecule has 0 amide bonds. The molecular weight excluding hydrogens is 1010 g/mol. The molecule has 0 bridgehead atoms. The predicted octanol–water partition coefficient (Wildman–Crippen LogP) is 23.9. The van der Waals surface area contributed by atoms with Crippen molar-refractivity contribution < 1.29 is 28.6 Å². The molecule has 0 aromatic rings. The third kappa shape index (κ3) is 66.6. The van der Waals surface area contributed by atoms with Gasteiger partial charge in [-0.15, -0.1) is 0 Å². The lowest BCUT2D eigenvalue weighted by Crippen LogP contribution is -2.30.